The number of likely N-dealkylation sites (N-methyl/N-ethyl adjacent to an activating group) is 1. The molecular weight excluding hydrogens is 344 g/mol. The van der Waals surface area contributed by atoms with E-state index in [1.165, 1.54) is 24.8 Å². The lowest BCUT2D eigenvalue weighted by Crippen LogP contribution is -2.43. The summed E-state index contributed by atoms with van der Waals surface area (Å²) >= 11 is 6.68. The van der Waals surface area contributed by atoms with Gasteiger partial charge < -0.3 is 9.64 Å². The lowest BCUT2D eigenvalue weighted by molar-refractivity contribution is 0.178. The summed E-state index contributed by atoms with van der Waals surface area (Å²) in [7, 11) is 4.25. The molecule has 3 nitrogen and oxygen atoms in total. The number of benzene rings is 2. The third kappa shape index (κ3) is 3.29. The molecule has 1 fully saturated rings. The summed E-state index contributed by atoms with van der Waals surface area (Å²) in [5, 5.41) is 1.89. The molecule has 0 atom stereocenters. The average molecular weight is 367 g/mol. The van der Waals surface area contributed by atoms with E-state index in [1.807, 2.05) is 48.5 Å². The van der Waals surface area contributed by atoms with Crippen LogP contribution in [0.15, 0.2) is 54.6 Å². The van der Waals surface area contributed by atoms with Crippen molar-refractivity contribution in [2.24, 2.45) is 0 Å². The van der Waals surface area contributed by atoms with Crippen molar-refractivity contribution in [3.63, 3.8) is 0 Å². The van der Waals surface area contributed by atoms with Gasteiger partial charge in [-0.05, 0) is 62.8 Å². The van der Waals surface area contributed by atoms with Crippen LogP contribution in [0, 0.1) is 0 Å². The SMILES string of the molecule is CN(C)CC1(c2cc3nc(Oc4ccccc4)ccc3cc2Cl)CCC1. The van der Waals surface area contributed by atoms with Gasteiger partial charge in [-0.15, -0.1) is 0 Å². The first-order valence-corrected chi connectivity index (χ1v) is 9.42. The van der Waals surface area contributed by atoms with Crippen molar-refractivity contribution in [2.75, 3.05) is 20.6 Å². The maximum absolute atomic E-state index is 6.68. The zero-order chi connectivity index (χ0) is 18.1. The highest BCUT2D eigenvalue weighted by Gasteiger charge is 2.40. The minimum Gasteiger partial charge on any atom is -0.439 e. The summed E-state index contributed by atoms with van der Waals surface area (Å²) < 4.78 is 5.89. The lowest BCUT2D eigenvalue weighted by atomic mass is 9.64. The molecule has 3 aromatic rings. The van der Waals surface area contributed by atoms with Crippen molar-refractivity contribution < 1.29 is 4.74 Å². The summed E-state index contributed by atoms with van der Waals surface area (Å²) in [6.07, 6.45) is 3.61. The molecule has 0 bridgehead atoms. The second kappa shape index (κ2) is 6.90. The van der Waals surface area contributed by atoms with Crippen molar-refractivity contribution in [3.8, 4) is 11.6 Å². The van der Waals surface area contributed by atoms with Gasteiger partial charge in [0.25, 0.3) is 0 Å². The van der Waals surface area contributed by atoms with Gasteiger partial charge in [0.15, 0.2) is 0 Å². The van der Waals surface area contributed by atoms with Crippen LogP contribution in [0.3, 0.4) is 0 Å². The lowest BCUT2D eigenvalue weighted by Gasteiger charge is -2.44. The molecule has 2 aromatic carbocycles. The Morgan fingerprint density at radius 1 is 1.08 bits per heavy atom. The summed E-state index contributed by atoms with van der Waals surface area (Å²) in [6, 6.07) is 17.9. The normalized spacial score (nSPS) is 15.8. The van der Waals surface area contributed by atoms with Crippen LogP contribution in [0.1, 0.15) is 24.8 Å². The Labute approximate surface area is 159 Å². The number of ether oxygens (including phenoxy) is 1. The van der Waals surface area contributed by atoms with Crippen LogP contribution in [0.5, 0.6) is 11.6 Å². The molecule has 0 unspecified atom stereocenters. The van der Waals surface area contributed by atoms with Crippen LogP contribution in [0.25, 0.3) is 10.9 Å². The van der Waals surface area contributed by atoms with Gasteiger partial charge in [0.1, 0.15) is 5.75 Å². The first-order chi connectivity index (χ1) is 12.6. The molecule has 1 heterocycles. The average Bonchev–Trinajstić information content (AvgIpc) is 2.59. The largest absolute Gasteiger partial charge is 0.439 e. The van der Waals surface area contributed by atoms with Gasteiger partial charge in [-0.2, -0.15) is 0 Å². The summed E-state index contributed by atoms with van der Waals surface area (Å²) in [6.45, 7) is 1.01. The minimum atomic E-state index is 0.146. The van der Waals surface area contributed by atoms with E-state index < -0.39 is 0 Å². The number of halogens is 1. The van der Waals surface area contributed by atoms with Gasteiger partial charge in [-0.1, -0.05) is 36.2 Å². The molecule has 0 spiro atoms. The van der Waals surface area contributed by atoms with E-state index in [1.54, 1.807) is 0 Å². The predicted molar refractivity (Wildman–Crippen MR) is 107 cm³/mol. The highest BCUT2D eigenvalue weighted by atomic mass is 35.5. The predicted octanol–water partition coefficient (Wildman–Crippen LogP) is 5.66. The molecule has 4 rings (SSSR count). The van der Waals surface area contributed by atoms with Crippen LogP contribution in [0.2, 0.25) is 5.02 Å². The first-order valence-electron chi connectivity index (χ1n) is 9.04. The molecule has 0 amide bonds. The number of para-hydroxylation sites is 1. The Bertz CT molecular complexity index is 920. The Hall–Kier alpha value is -2.10. The van der Waals surface area contributed by atoms with Crippen molar-refractivity contribution in [1.29, 1.82) is 0 Å². The van der Waals surface area contributed by atoms with E-state index in [0.717, 1.165) is 28.2 Å². The number of hydrogen-bond acceptors (Lipinski definition) is 3. The fraction of sp³-hybridized carbons (Fsp3) is 0.318. The van der Waals surface area contributed by atoms with Crippen LogP contribution < -0.4 is 4.74 Å². The highest BCUT2D eigenvalue weighted by Crippen LogP contribution is 2.47. The molecule has 1 aliphatic carbocycles. The number of rotatable bonds is 5. The number of nitrogens with zero attached hydrogens (tertiary/aromatic N) is 2. The second-order valence-electron chi connectivity index (χ2n) is 7.46. The molecule has 1 saturated carbocycles. The Balaban J connectivity index is 1.72. The molecule has 4 heteroatoms. The molecule has 26 heavy (non-hydrogen) atoms. The fourth-order valence-corrected chi connectivity index (χ4v) is 4.29. The Morgan fingerprint density at radius 2 is 1.85 bits per heavy atom. The monoisotopic (exact) mass is 366 g/mol. The summed E-state index contributed by atoms with van der Waals surface area (Å²) in [5.41, 5.74) is 2.30. The first kappa shape index (κ1) is 17.3. The van der Waals surface area contributed by atoms with E-state index in [4.69, 9.17) is 21.3 Å². The maximum atomic E-state index is 6.68. The number of aromatic nitrogens is 1. The topological polar surface area (TPSA) is 25.4 Å². The second-order valence-corrected chi connectivity index (χ2v) is 7.87. The number of hydrogen-bond donors (Lipinski definition) is 0. The minimum absolute atomic E-state index is 0.146. The molecule has 134 valence electrons. The van der Waals surface area contributed by atoms with Crippen LogP contribution >= 0.6 is 11.6 Å². The van der Waals surface area contributed by atoms with Gasteiger partial charge in [0, 0.05) is 28.4 Å². The van der Waals surface area contributed by atoms with E-state index in [2.05, 4.69) is 25.1 Å². The molecule has 0 saturated heterocycles. The Kier molecular flexibility index (Phi) is 4.60. The van der Waals surface area contributed by atoms with Crippen LogP contribution in [0.4, 0.5) is 0 Å². The Morgan fingerprint density at radius 3 is 2.50 bits per heavy atom. The molecule has 0 aliphatic heterocycles. The third-order valence-corrected chi connectivity index (χ3v) is 5.53. The van der Waals surface area contributed by atoms with E-state index >= 15 is 0 Å². The van der Waals surface area contributed by atoms with E-state index in [0.29, 0.717) is 5.88 Å². The zero-order valence-corrected chi connectivity index (χ0v) is 16.0. The van der Waals surface area contributed by atoms with Crippen LogP contribution in [-0.4, -0.2) is 30.5 Å². The third-order valence-electron chi connectivity index (χ3n) is 5.22. The van der Waals surface area contributed by atoms with E-state index in [-0.39, 0.29) is 5.41 Å². The van der Waals surface area contributed by atoms with Crippen molar-refractivity contribution in [3.05, 3.63) is 65.2 Å². The van der Waals surface area contributed by atoms with Gasteiger partial charge in [0.2, 0.25) is 5.88 Å². The van der Waals surface area contributed by atoms with Crippen molar-refractivity contribution >= 4 is 22.5 Å². The zero-order valence-electron chi connectivity index (χ0n) is 15.2. The van der Waals surface area contributed by atoms with Gasteiger partial charge in [-0.25, -0.2) is 4.98 Å². The molecular formula is C22H23ClN2O. The van der Waals surface area contributed by atoms with Gasteiger partial charge in [-0.3, -0.25) is 0 Å². The summed E-state index contributed by atoms with van der Waals surface area (Å²) in [4.78, 5) is 6.98. The van der Waals surface area contributed by atoms with E-state index in [9.17, 15) is 0 Å². The van der Waals surface area contributed by atoms with Crippen molar-refractivity contribution in [2.45, 2.75) is 24.7 Å². The standard InChI is InChI=1S/C22H23ClN2O/c1-25(2)15-22(11-6-12-22)18-14-20-16(13-19(18)23)9-10-21(24-20)26-17-7-4-3-5-8-17/h3-5,7-10,13-14H,6,11-12,15H2,1-2H3. The van der Waals surface area contributed by atoms with Gasteiger partial charge in [0.05, 0.1) is 5.52 Å². The highest BCUT2D eigenvalue weighted by molar-refractivity contribution is 6.32. The molecule has 1 aromatic heterocycles. The van der Waals surface area contributed by atoms with Gasteiger partial charge >= 0.3 is 0 Å². The molecule has 0 radical (unpaired) electrons. The maximum Gasteiger partial charge on any atom is 0.219 e. The van der Waals surface area contributed by atoms with Crippen molar-refractivity contribution in [1.82, 2.24) is 9.88 Å². The quantitative estimate of drug-likeness (QED) is 0.582. The summed E-state index contributed by atoms with van der Waals surface area (Å²) in [5.74, 6) is 1.39. The molecule has 1 aliphatic rings. The number of pyridine rings is 1. The molecule has 0 N–H and O–H groups in total. The number of fused-ring (bicyclic) bond motifs is 1. The van der Waals surface area contributed by atoms with Crippen LogP contribution in [-0.2, 0) is 5.41 Å². The fourth-order valence-electron chi connectivity index (χ4n) is 3.92. The smallest absolute Gasteiger partial charge is 0.219 e.